The molecule has 1 N–H and O–H groups in total. The molecule has 0 aliphatic rings. The highest BCUT2D eigenvalue weighted by atomic mass is 19.1. The molecule has 3 heteroatoms. The van der Waals surface area contributed by atoms with E-state index in [9.17, 15) is 4.39 Å². The summed E-state index contributed by atoms with van der Waals surface area (Å²) in [5.74, 6) is 0.569. The molecule has 1 aromatic carbocycles. The minimum atomic E-state index is -0.282. The van der Waals surface area contributed by atoms with Crippen LogP contribution in [0.15, 0.2) is 22.6 Å². The van der Waals surface area contributed by atoms with Crippen LogP contribution >= 0.6 is 0 Å². The topological polar surface area (TPSA) is 25.2 Å². The number of rotatable bonds is 4. The van der Waals surface area contributed by atoms with Gasteiger partial charge in [-0.2, -0.15) is 0 Å². The van der Waals surface area contributed by atoms with Crippen LogP contribution in [0.1, 0.15) is 25.2 Å². The first-order valence-electron chi connectivity index (χ1n) is 5.67. The molecule has 0 aliphatic carbocycles. The summed E-state index contributed by atoms with van der Waals surface area (Å²) >= 11 is 0. The van der Waals surface area contributed by atoms with Crippen LogP contribution in [0.3, 0.4) is 0 Å². The number of fused-ring (bicyclic) bond motifs is 1. The van der Waals surface area contributed by atoms with Gasteiger partial charge < -0.3 is 9.73 Å². The van der Waals surface area contributed by atoms with Crippen molar-refractivity contribution in [3.05, 3.63) is 35.3 Å². The Morgan fingerprint density at radius 3 is 2.81 bits per heavy atom. The van der Waals surface area contributed by atoms with Gasteiger partial charge in [-0.3, -0.25) is 0 Å². The molecule has 16 heavy (non-hydrogen) atoms. The zero-order valence-electron chi connectivity index (χ0n) is 9.64. The molecule has 1 heterocycles. The predicted molar refractivity (Wildman–Crippen MR) is 62.9 cm³/mol. The second-order valence-electron chi connectivity index (χ2n) is 3.75. The molecule has 2 nitrogen and oxygen atoms in total. The highest BCUT2D eigenvalue weighted by molar-refractivity contribution is 5.82. The maximum Gasteiger partial charge on any atom is 0.170 e. The third-order valence-corrected chi connectivity index (χ3v) is 2.74. The first-order valence-corrected chi connectivity index (χ1v) is 5.67. The smallest absolute Gasteiger partial charge is 0.170 e. The molecule has 0 saturated heterocycles. The molecule has 0 aliphatic heterocycles. The van der Waals surface area contributed by atoms with Gasteiger partial charge in [0.1, 0.15) is 5.76 Å². The quantitative estimate of drug-likeness (QED) is 0.857. The van der Waals surface area contributed by atoms with Crippen molar-refractivity contribution in [1.82, 2.24) is 5.32 Å². The summed E-state index contributed by atoms with van der Waals surface area (Å²) in [6.07, 6.45) is 0.858. The zero-order valence-corrected chi connectivity index (χ0v) is 9.64. The summed E-state index contributed by atoms with van der Waals surface area (Å²) in [7, 11) is 0. The Labute approximate surface area is 94.4 Å². The molecule has 0 atom stereocenters. The second-order valence-corrected chi connectivity index (χ2v) is 3.75. The Hall–Kier alpha value is -1.35. The molecule has 0 amide bonds. The molecule has 0 spiro atoms. The van der Waals surface area contributed by atoms with Crippen molar-refractivity contribution in [3.63, 3.8) is 0 Å². The van der Waals surface area contributed by atoms with Crippen LogP contribution in [-0.4, -0.2) is 6.54 Å². The second kappa shape index (κ2) is 4.66. The van der Waals surface area contributed by atoms with Gasteiger partial charge in [-0.1, -0.05) is 26.0 Å². The van der Waals surface area contributed by atoms with Gasteiger partial charge in [0, 0.05) is 10.9 Å². The fourth-order valence-corrected chi connectivity index (χ4v) is 1.95. The maximum absolute atomic E-state index is 13.5. The van der Waals surface area contributed by atoms with Gasteiger partial charge in [-0.25, -0.2) is 4.39 Å². The van der Waals surface area contributed by atoms with E-state index in [1.165, 1.54) is 6.07 Å². The molecule has 0 fully saturated rings. The summed E-state index contributed by atoms with van der Waals surface area (Å²) in [4.78, 5) is 0. The van der Waals surface area contributed by atoms with Crippen LogP contribution < -0.4 is 5.32 Å². The lowest BCUT2D eigenvalue weighted by Gasteiger charge is -2.00. The minimum absolute atomic E-state index is 0.282. The van der Waals surface area contributed by atoms with Gasteiger partial charge in [-0.05, 0) is 19.0 Å². The minimum Gasteiger partial charge on any atom is -0.456 e. The monoisotopic (exact) mass is 221 g/mol. The molecule has 2 aromatic rings. The maximum atomic E-state index is 13.5. The van der Waals surface area contributed by atoms with Crippen LogP contribution in [0.5, 0.6) is 0 Å². The van der Waals surface area contributed by atoms with Gasteiger partial charge in [0.2, 0.25) is 0 Å². The van der Waals surface area contributed by atoms with E-state index in [0.717, 1.165) is 29.7 Å². The number of furan rings is 1. The molecule has 1 aromatic heterocycles. The van der Waals surface area contributed by atoms with Crippen LogP contribution in [0.25, 0.3) is 11.0 Å². The van der Waals surface area contributed by atoms with E-state index in [2.05, 4.69) is 12.2 Å². The van der Waals surface area contributed by atoms with Crippen molar-refractivity contribution in [2.45, 2.75) is 26.8 Å². The van der Waals surface area contributed by atoms with Crippen LogP contribution in [0.2, 0.25) is 0 Å². The number of nitrogens with one attached hydrogen (secondary N) is 1. The number of para-hydroxylation sites is 1. The average molecular weight is 221 g/mol. The molecule has 0 radical (unpaired) electrons. The van der Waals surface area contributed by atoms with E-state index < -0.39 is 0 Å². The Bertz CT molecular complexity index is 490. The largest absolute Gasteiger partial charge is 0.456 e. The zero-order chi connectivity index (χ0) is 11.5. The van der Waals surface area contributed by atoms with E-state index >= 15 is 0 Å². The summed E-state index contributed by atoms with van der Waals surface area (Å²) in [6.45, 7) is 5.63. The molecule has 0 bridgehead atoms. The van der Waals surface area contributed by atoms with Crippen LogP contribution in [-0.2, 0) is 13.0 Å². The van der Waals surface area contributed by atoms with E-state index in [1.807, 2.05) is 13.0 Å². The average Bonchev–Trinajstić information content (AvgIpc) is 2.65. The van der Waals surface area contributed by atoms with Crippen molar-refractivity contribution in [1.29, 1.82) is 0 Å². The van der Waals surface area contributed by atoms with Gasteiger partial charge in [0.05, 0.1) is 6.54 Å². The lowest BCUT2D eigenvalue weighted by molar-refractivity contribution is 0.495. The molecular formula is C13H16FNO. The van der Waals surface area contributed by atoms with Gasteiger partial charge in [-0.15, -0.1) is 0 Å². The Kier molecular flexibility index (Phi) is 3.25. The molecule has 2 rings (SSSR count). The van der Waals surface area contributed by atoms with E-state index in [-0.39, 0.29) is 5.82 Å². The van der Waals surface area contributed by atoms with Crippen LogP contribution in [0, 0.1) is 5.82 Å². The number of benzene rings is 1. The summed E-state index contributed by atoms with van der Waals surface area (Å²) in [5, 5.41) is 4.10. The van der Waals surface area contributed by atoms with Crippen molar-refractivity contribution < 1.29 is 8.81 Å². The summed E-state index contributed by atoms with van der Waals surface area (Å²) < 4.78 is 19.1. The highest BCUT2D eigenvalue weighted by Gasteiger charge is 2.14. The summed E-state index contributed by atoms with van der Waals surface area (Å²) in [5.41, 5.74) is 1.49. The van der Waals surface area contributed by atoms with Gasteiger partial charge in [0.15, 0.2) is 11.4 Å². The number of halogens is 1. The normalized spacial score (nSPS) is 11.2. The number of aryl methyl sites for hydroxylation is 1. The number of hydrogen-bond acceptors (Lipinski definition) is 2. The van der Waals surface area contributed by atoms with Crippen molar-refractivity contribution in [2.24, 2.45) is 0 Å². The fraction of sp³-hybridized carbons (Fsp3) is 0.385. The predicted octanol–water partition coefficient (Wildman–Crippen LogP) is 3.24. The third-order valence-electron chi connectivity index (χ3n) is 2.74. The van der Waals surface area contributed by atoms with Gasteiger partial charge in [0.25, 0.3) is 0 Å². The molecular weight excluding hydrogens is 205 g/mol. The van der Waals surface area contributed by atoms with Gasteiger partial charge >= 0.3 is 0 Å². The molecule has 0 unspecified atom stereocenters. The van der Waals surface area contributed by atoms with E-state index in [1.54, 1.807) is 6.07 Å². The Morgan fingerprint density at radius 1 is 1.31 bits per heavy atom. The fourth-order valence-electron chi connectivity index (χ4n) is 1.95. The number of hydrogen-bond donors (Lipinski definition) is 1. The lowest BCUT2D eigenvalue weighted by Crippen LogP contribution is -2.12. The van der Waals surface area contributed by atoms with Crippen molar-refractivity contribution >= 4 is 11.0 Å². The first kappa shape index (κ1) is 11.1. The van der Waals surface area contributed by atoms with E-state index in [4.69, 9.17) is 4.42 Å². The summed E-state index contributed by atoms with van der Waals surface area (Å²) in [6, 6.07) is 5.07. The van der Waals surface area contributed by atoms with Crippen LogP contribution in [0.4, 0.5) is 4.39 Å². The van der Waals surface area contributed by atoms with Crippen molar-refractivity contribution in [3.8, 4) is 0 Å². The molecule has 0 saturated carbocycles. The lowest BCUT2D eigenvalue weighted by atomic mass is 10.1. The first-order chi connectivity index (χ1) is 7.77. The van der Waals surface area contributed by atoms with E-state index in [0.29, 0.717) is 12.1 Å². The SMILES string of the molecule is CCNCc1oc2c(F)cccc2c1CC. The van der Waals surface area contributed by atoms with Crippen molar-refractivity contribution in [2.75, 3.05) is 6.54 Å². The molecule has 86 valence electrons. The highest BCUT2D eigenvalue weighted by Crippen LogP contribution is 2.28. The standard InChI is InChI=1S/C13H16FNO/c1-3-9-10-6-5-7-11(14)13(10)16-12(9)8-15-4-2/h5-7,15H,3-4,8H2,1-2H3. The Balaban J connectivity index is 2.52. The third kappa shape index (κ3) is 1.83. The Morgan fingerprint density at radius 2 is 2.12 bits per heavy atom.